The summed E-state index contributed by atoms with van der Waals surface area (Å²) in [5, 5.41) is 13.2. The van der Waals surface area contributed by atoms with E-state index in [0.717, 1.165) is 30.9 Å². The van der Waals surface area contributed by atoms with E-state index in [-0.39, 0.29) is 36.8 Å². The SMILES string of the molecule is Cl.O=C(CC1CSCCN1)Nc1cnn(CC(=O)NC2CC2)c1. The van der Waals surface area contributed by atoms with E-state index in [9.17, 15) is 9.59 Å². The van der Waals surface area contributed by atoms with Gasteiger partial charge in [-0.2, -0.15) is 16.9 Å². The first kappa shape index (κ1) is 18.1. The number of nitrogens with zero attached hydrogens (tertiary/aromatic N) is 2. The van der Waals surface area contributed by atoms with Gasteiger partial charge >= 0.3 is 0 Å². The molecule has 3 rings (SSSR count). The van der Waals surface area contributed by atoms with Crippen molar-refractivity contribution >= 4 is 41.7 Å². The summed E-state index contributed by atoms with van der Waals surface area (Å²) in [4.78, 5) is 23.7. The predicted octanol–water partition coefficient (Wildman–Crippen LogP) is 0.617. The molecule has 9 heteroatoms. The van der Waals surface area contributed by atoms with Gasteiger partial charge in [-0.1, -0.05) is 0 Å². The number of carbonyl (C=O) groups is 2. The highest BCUT2D eigenvalue weighted by atomic mass is 35.5. The van der Waals surface area contributed by atoms with Gasteiger partial charge in [0.05, 0.1) is 11.9 Å². The van der Waals surface area contributed by atoms with Gasteiger partial charge in [0.25, 0.3) is 0 Å². The molecule has 1 unspecified atom stereocenters. The summed E-state index contributed by atoms with van der Waals surface area (Å²) in [7, 11) is 0. The standard InChI is InChI=1S/C14H21N5O2S.ClH/c20-13(5-11-9-22-4-3-15-11)18-12-6-16-19(7-12)8-14(21)17-10-1-2-10;/h6-7,10-11,15H,1-5,8-9H2,(H,17,21)(H,18,20);1H. The molecule has 0 aromatic carbocycles. The molecule has 3 N–H and O–H groups in total. The first-order chi connectivity index (χ1) is 10.7. The Hall–Kier alpha value is -1.25. The van der Waals surface area contributed by atoms with E-state index < -0.39 is 0 Å². The van der Waals surface area contributed by atoms with Gasteiger partial charge in [0.1, 0.15) is 6.54 Å². The highest BCUT2D eigenvalue weighted by molar-refractivity contribution is 7.99. The molecule has 1 saturated carbocycles. The van der Waals surface area contributed by atoms with E-state index in [0.29, 0.717) is 18.2 Å². The Bertz CT molecular complexity index is 543. The molecule has 1 atom stereocenters. The number of amides is 2. The molecule has 1 saturated heterocycles. The Morgan fingerprint density at radius 3 is 2.91 bits per heavy atom. The van der Waals surface area contributed by atoms with Gasteiger partial charge in [0.15, 0.2) is 0 Å². The van der Waals surface area contributed by atoms with Crippen molar-refractivity contribution in [1.82, 2.24) is 20.4 Å². The highest BCUT2D eigenvalue weighted by Gasteiger charge is 2.23. The van der Waals surface area contributed by atoms with Crippen LogP contribution in [0.15, 0.2) is 12.4 Å². The van der Waals surface area contributed by atoms with E-state index in [2.05, 4.69) is 21.0 Å². The molecular formula is C14H22ClN5O2S. The molecule has 2 amide bonds. The molecule has 1 aromatic heterocycles. The van der Waals surface area contributed by atoms with Gasteiger partial charge in [0, 0.05) is 42.8 Å². The second-order valence-electron chi connectivity index (χ2n) is 5.75. The van der Waals surface area contributed by atoms with Crippen molar-refractivity contribution in [3.05, 3.63) is 12.4 Å². The number of anilines is 1. The van der Waals surface area contributed by atoms with Crippen molar-refractivity contribution < 1.29 is 9.59 Å². The number of halogens is 1. The van der Waals surface area contributed by atoms with E-state index in [1.165, 1.54) is 0 Å². The number of carbonyl (C=O) groups excluding carboxylic acids is 2. The van der Waals surface area contributed by atoms with Crippen LogP contribution in [0.4, 0.5) is 5.69 Å². The van der Waals surface area contributed by atoms with Crippen LogP contribution >= 0.6 is 24.2 Å². The summed E-state index contributed by atoms with van der Waals surface area (Å²) >= 11 is 1.87. The number of hydrogen-bond acceptors (Lipinski definition) is 5. The molecule has 7 nitrogen and oxygen atoms in total. The van der Waals surface area contributed by atoms with Crippen LogP contribution in [0.5, 0.6) is 0 Å². The second-order valence-corrected chi connectivity index (χ2v) is 6.90. The first-order valence-electron chi connectivity index (χ1n) is 7.62. The van der Waals surface area contributed by atoms with E-state index in [1.807, 2.05) is 11.8 Å². The van der Waals surface area contributed by atoms with E-state index in [1.54, 1.807) is 17.1 Å². The first-order valence-corrected chi connectivity index (χ1v) is 8.77. The van der Waals surface area contributed by atoms with Gasteiger partial charge in [0.2, 0.25) is 11.8 Å². The quantitative estimate of drug-likeness (QED) is 0.693. The zero-order valence-corrected chi connectivity index (χ0v) is 14.4. The maximum absolute atomic E-state index is 12.0. The lowest BCUT2D eigenvalue weighted by Crippen LogP contribution is -2.39. The normalized spacial score (nSPS) is 20.4. The van der Waals surface area contributed by atoms with Gasteiger partial charge in [-0.25, -0.2) is 0 Å². The van der Waals surface area contributed by atoms with Gasteiger partial charge in [-0.05, 0) is 12.8 Å². The lowest BCUT2D eigenvalue weighted by atomic mass is 10.2. The molecule has 1 aliphatic carbocycles. The molecule has 2 heterocycles. The molecule has 0 bridgehead atoms. The molecule has 1 aromatic rings. The molecule has 0 spiro atoms. The van der Waals surface area contributed by atoms with Crippen LogP contribution in [0, 0.1) is 0 Å². The summed E-state index contributed by atoms with van der Waals surface area (Å²) in [5.74, 6) is 2.01. The zero-order chi connectivity index (χ0) is 15.4. The van der Waals surface area contributed by atoms with Crippen molar-refractivity contribution in [3.8, 4) is 0 Å². The fraction of sp³-hybridized carbons (Fsp3) is 0.643. The fourth-order valence-electron chi connectivity index (χ4n) is 2.35. The van der Waals surface area contributed by atoms with Crippen LogP contribution in [0.2, 0.25) is 0 Å². The smallest absolute Gasteiger partial charge is 0.241 e. The van der Waals surface area contributed by atoms with Gasteiger partial charge in [-0.15, -0.1) is 12.4 Å². The monoisotopic (exact) mass is 359 g/mol. The molecule has 128 valence electrons. The predicted molar refractivity (Wildman–Crippen MR) is 93.0 cm³/mol. The Labute approximate surface area is 145 Å². The fourth-order valence-corrected chi connectivity index (χ4v) is 3.30. The minimum absolute atomic E-state index is 0. The minimum Gasteiger partial charge on any atom is -0.352 e. The van der Waals surface area contributed by atoms with Crippen molar-refractivity contribution in [2.45, 2.75) is 37.9 Å². The minimum atomic E-state index is -0.0353. The Morgan fingerprint density at radius 2 is 2.22 bits per heavy atom. The second kappa shape index (κ2) is 8.56. The Balaban J connectivity index is 0.00000192. The van der Waals surface area contributed by atoms with Crippen LogP contribution in [0.1, 0.15) is 19.3 Å². The van der Waals surface area contributed by atoms with Crippen LogP contribution in [-0.4, -0.2) is 51.7 Å². The molecule has 1 aliphatic heterocycles. The zero-order valence-electron chi connectivity index (χ0n) is 12.8. The molecule has 2 aliphatic rings. The van der Waals surface area contributed by atoms with Crippen molar-refractivity contribution in [1.29, 1.82) is 0 Å². The Kier molecular flexibility index (Phi) is 6.73. The third-order valence-electron chi connectivity index (χ3n) is 3.60. The Morgan fingerprint density at radius 1 is 1.39 bits per heavy atom. The number of rotatable bonds is 6. The van der Waals surface area contributed by atoms with Crippen LogP contribution in [-0.2, 0) is 16.1 Å². The number of hydrogen-bond donors (Lipinski definition) is 3. The van der Waals surface area contributed by atoms with Gasteiger partial charge < -0.3 is 16.0 Å². The molecular weight excluding hydrogens is 338 g/mol. The van der Waals surface area contributed by atoms with Gasteiger partial charge in [-0.3, -0.25) is 14.3 Å². The van der Waals surface area contributed by atoms with E-state index >= 15 is 0 Å². The summed E-state index contributed by atoms with van der Waals surface area (Å²) in [6, 6.07) is 0.584. The summed E-state index contributed by atoms with van der Waals surface area (Å²) in [6.45, 7) is 1.14. The average Bonchev–Trinajstić information content (AvgIpc) is 3.19. The third kappa shape index (κ3) is 6.04. The lowest BCUT2D eigenvalue weighted by Gasteiger charge is -2.22. The molecule has 23 heavy (non-hydrogen) atoms. The topological polar surface area (TPSA) is 88.1 Å². The highest BCUT2D eigenvalue weighted by Crippen LogP contribution is 2.18. The summed E-state index contributed by atoms with van der Waals surface area (Å²) in [6.07, 6.45) is 5.86. The van der Waals surface area contributed by atoms with Crippen LogP contribution < -0.4 is 16.0 Å². The van der Waals surface area contributed by atoms with Crippen molar-refractivity contribution in [2.24, 2.45) is 0 Å². The third-order valence-corrected chi connectivity index (χ3v) is 4.73. The largest absolute Gasteiger partial charge is 0.352 e. The van der Waals surface area contributed by atoms with Crippen molar-refractivity contribution in [3.63, 3.8) is 0 Å². The maximum atomic E-state index is 12.0. The number of thioether (sulfide) groups is 1. The molecule has 2 fully saturated rings. The van der Waals surface area contributed by atoms with Crippen LogP contribution in [0.25, 0.3) is 0 Å². The van der Waals surface area contributed by atoms with Crippen LogP contribution in [0.3, 0.4) is 0 Å². The average molecular weight is 360 g/mol. The summed E-state index contributed by atoms with van der Waals surface area (Å²) in [5.41, 5.74) is 0.632. The number of aromatic nitrogens is 2. The summed E-state index contributed by atoms with van der Waals surface area (Å²) < 4.78 is 1.54. The lowest BCUT2D eigenvalue weighted by molar-refractivity contribution is -0.122. The van der Waals surface area contributed by atoms with Crippen molar-refractivity contribution in [2.75, 3.05) is 23.4 Å². The molecule has 0 radical (unpaired) electrons. The van der Waals surface area contributed by atoms with E-state index in [4.69, 9.17) is 0 Å². The maximum Gasteiger partial charge on any atom is 0.241 e. The number of nitrogens with one attached hydrogen (secondary N) is 3.